The van der Waals surface area contributed by atoms with E-state index in [-0.39, 0.29) is 19.3 Å². The highest BCUT2D eigenvalue weighted by Crippen LogP contribution is 2.18. The van der Waals surface area contributed by atoms with Crippen molar-refractivity contribution < 1.29 is 24.0 Å². The van der Waals surface area contributed by atoms with E-state index in [2.05, 4.69) is 0 Å². The van der Waals surface area contributed by atoms with E-state index in [9.17, 15) is 14.4 Å². The molecule has 0 bridgehead atoms. The molecule has 0 aromatic carbocycles. The van der Waals surface area contributed by atoms with Gasteiger partial charge >= 0.3 is 5.97 Å². The van der Waals surface area contributed by atoms with E-state index in [4.69, 9.17) is 9.57 Å². The van der Waals surface area contributed by atoms with Crippen molar-refractivity contribution >= 4 is 17.8 Å². The number of nitrogens with zero attached hydrogens (tertiary/aromatic N) is 1. The molecule has 0 aromatic rings. The van der Waals surface area contributed by atoms with Crippen LogP contribution in [0.15, 0.2) is 0 Å². The van der Waals surface area contributed by atoms with Crippen LogP contribution in [0, 0.1) is 0 Å². The number of rotatable bonds is 5. The van der Waals surface area contributed by atoms with Gasteiger partial charge in [0, 0.05) is 19.4 Å². The zero-order chi connectivity index (χ0) is 13.1. The quantitative estimate of drug-likeness (QED) is 0.668. The lowest BCUT2D eigenvalue weighted by molar-refractivity contribution is -0.200. The minimum atomic E-state index is -0.669. The molecule has 96 valence electrons. The summed E-state index contributed by atoms with van der Waals surface area (Å²) in [4.78, 5) is 38.7. The number of ether oxygens (including phenoxy) is 1. The highest BCUT2D eigenvalue weighted by atomic mass is 16.7. The third kappa shape index (κ3) is 3.81. The van der Waals surface area contributed by atoms with Crippen molar-refractivity contribution in [1.29, 1.82) is 0 Å². The highest BCUT2D eigenvalue weighted by Gasteiger charge is 2.34. The van der Waals surface area contributed by atoms with E-state index < -0.39 is 23.4 Å². The van der Waals surface area contributed by atoms with Crippen molar-refractivity contribution in [3.8, 4) is 0 Å². The molecule has 1 aliphatic rings. The highest BCUT2D eigenvalue weighted by molar-refractivity contribution is 6.01. The Hall–Kier alpha value is -1.43. The molecule has 0 atom stereocenters. The fourth-order valence-electron chi connectivity index (χ4n) is 1.58. The maximum atomic E-state index is 11.5. The molecule has 0 N–H and O–H groups in total. The molecule has 0 aliphatic carbocycles. The number of hydrogen-bond donors (Lipinski definition) is 0. The van der Waals surface area contributed by atoms with E-state index in [0.717, 1.165) is 0 Å². The van der Waals surface area contributed by atoms with Gasteiger partial charge in [-0.05, 0) is 20.8 Å². The third-order valence-electron chi connectivity index (χ3n) is 2.30. The second kappa shape index (κ2) is 5.27. The van der Waals surface area contributed by atoms with Gasteiger partial charge in [-0.1, -0.05) is 0 Å². The van der Waals surface area contributed by atoms with Gasteiger partial charge in [0.25, 0.3) is 11.8 Å². The number of imide groups is 1. The molecule has 0 unspecified atom stereocenters. The Morgan fingerprint density at radius 3 is 2.29 bits per heavy atom. The van der Waals surface area contributed by atoms with Crippen LogP contribution in [-0.4, -0.2) is 35.1 Å². The van der Waals surface area contributed by atoms with Gasteiger partial charge in [-0.3, -0.25) is 9.59 Å². The van der Waals surface area contributed by atoms with Crippen LogP contribution in [0.2, 0.25) is 0 Å². The first-order valence-corrected chi connectivity index (χ1v) is 5.56. The van der Waals surface area contributed by atoms with Crippen LogP contribution in [0.3, 0.4) is 0 Å². The smallest absolute Gasteiger partial charge is 0.336 e. The summed E-state index contributed by atoms with van der Waals surface area (Å²) < 4.78 is 5.33. The maximum Gasteiger partial charge on any atom is 0.336 e. The van der Waals surface area contributed by atoms with Crippen molar-refractivity contribution in [1.82, 2.24) is 5.06 Å². The van der Waals surface area contributed by atoms with Crippen LogP contribution in [0.4, 0.5) is 0 Å². The van der Waals surface area contributed by atoms with Gasteiger partial charge in [0.2, 0.25) is 0 Å². The summed E-state index contributed by atoms with van der Waals surface area (Å²) in [5, 5.41) is 0.546. The molecular weight excluding hydrogens is 226 g/mol. The molecule has 1 heterocycles. The lowest BCUT2D eigenvalue weighted by atomic mass is 10.1. The molecule has 0 radical (unpaired) electrons. The fraction of sp³-hybridized carbons (Fsp3) is 0.727. The summed E-state index contributed by atoms with van der Waals surface area (Å²) in [5.74, 6) is -1.60. The number of hydroxylamine groups is 2. The monoisotopic (exact) mass is 243 g/mol. The molecule has 0 saturated carbocycles. The molecule has 1 aliphatic heterocycles. The Morgan fingerprint density at radius 1 is 1.29 bits per heavy atom. The molecular formula is C11H17NO5. The minimum Gasteiger partial charge on any atom is -0.375 e. The summed E-state index contributed by atoms with van der Waals surface area (Å²) in [7, 11) is 0. The molecule has 17 heavy (non-hydrogen) atoms. The summed E-state index contributed by atoms with van der Waals surface area (Å²) in [5.41, 5.74) is -0.669. The molecule has 0 aromatic heterocycles. The molecule has 1 saturated heterocycles. The van der Waals surface area contributed by atoms with E-state index >= 15 is 0 Å². The van der Waals surface area contributed by atoms with Gasteiger partial charge in [-0.2, -0.15) is 0 Å². The Morgan fingerprint density at radius 2 is 1.82 bits per heavy atom. The second-order valence-electron chi connectivity index (χ2n) is 4.41. The van der Waals surface area contributed by atoms with E-state index in [1.54, 1.807) is 13.8 Å². The van der Waals surface area contributed by atoms with Crippen molar-refractivity contribution in [2.45, 2.75) is 45.6 Å². The standard InChI is InChI=1S/C11H17NO5/c1-4-16-11(2,3)7-10(15)17-12-8(13)5-6-9(12)14/h4-7H2,1-3H3. The largest absolute Gasteiger partial charge is 0.375 e. The zero-order valence-corrected chi connectivity index (χ0v) is 10.3. The lowest BCUT2D eigenvalue weighted by Crippen LogP contribution is -2.36. The fourth-order valence-corrected chi connectivity index (χ4v) is 1.58. The number of carbonyl (C=O) groups is 3. The van der Waals surface area contributed by atoms with Gasteiger partial charge in [-0.15, -0.1) is 5.06 Å². The van der Waals surface area contributed by atoms with Crippen LogP contribution in [0.5, 0.6) is 0 Å². The van der Waals surface area contributed by atoms with Gasteiger partial charge in [0.1, 0.15) is 0 Å². The molecule has 1 rings (SSSR count). The summed E-state index contributed by atoms with van der Waals surface area (Å²) in [6.07, 6.45) is 0.180. The molecule has 1 fully saturated rings. The Labute approximate surface area is 99.8 Å². The average molecular weight is 243 g/mol. The van der Waals surface area contributed by atoms with Gasteiger partial charge in [0.05, 0.1) is 12.0 Å². The Balaban J connectivity index is 2.49. The molecule has 2 amide bonds. The van der Waals surface area contributed by atoms with Crippen molar-refractivity contribution in [2.75, 3.05) is 6.61 Å². The second-order valence-corrected chi connectivity index (χ2v) is 4.41. The first-order chi connectivity index (χ1) is 7.85. The molecule has 6 nitrogen and oxygen atoms in total. The molecule has 0 spiro atoms. The third-order valence-corrected chi connectivity index (χ3v) is 2.30. The topological polar surface area (TPSA) is 72.9 Å². The number of amides is 2. The summed E-state index contributed by atoms with van der Waals surface area (Å²) in [6, 6.07) is 0. The van der Waals surface area contributed by atoms with Gasteiger partial charge in [-0.25, -0.2) is 4.79 Å². The number of carbonyl (C=O) groups excluding carboxylic acids is 3. The summed E-state index contributed by atoms with van der Waals surface area (Å²) in [6.45, 7) is 5.78. The average Bonchev–Trinajstić information content (AvgIpc) is 2.48. The van der Waals surface area contributed by atoms with E-state index in [1.807, 2.05) is 6.92 Å². The van der Waals surface area contributed by atoms with Crippen molar-refractivity contribution in [3.05, 3.63) is 0 Å². The first-order valence-electron chi connectivity index (χ1n) is 5.56. The van der Waals surface area contributed by atoms with Crippen LogP contribution in [-0.2, 0) is 24.0 Å². The lowest BCUT2D eigenvalue weighted by Gasteiger charge is -2.24. The minimum absolute atomic E-state index is 0.0160. The van der Waals surface area contributed by atoms with Gasteiger partial charge in [0.15, 0.2) is 0 Å². The van der Waals surface area contributed by atoms with Gasteiger partial charge < -0.3 is 9.57 Å². The van der Waals surface area contributed by atoms with E-state index in [1.165, 1.54) is 0 Å². The Kier molecular flexibility index (Phi) is 4.22. The van der Waals surface area contributed by atoms with Crippen LogP contribution < -0.4 is 0 Å². The predicted molar refractivity (Wildman–Crippen MR) is 57.5 cm³/mol. The number of hydrogen-bond acceptors (Lipinski definition) is 5. The van der Waals surface area contributed by atoms with Crippen LogP contribution in [0.25, 0.3) is 0 Å². The first kappa shape index (κ1) is 13.6. The van der Waals surface area contributed by atoms with E-state index in [0.29, 0.717) is 11.7 Å². The SMILES string of the molecule is CCOC(C)(C)CC(=O)ON1C(=O)CCC1=O. The predicted octanol–water partition coefficient (Wildman–Crippen LogP) is 0.799. The maximum absolute atomic E-state index is 11.5. The van der Waals surface area contributed by atoms with Crippen molar-refractivity contribution in [3.63, 3.8) is 0 Å². The van der Waals surface area contributed by atoms with Crippen LogP contribution in [0.1, 0.15) is 40.0 Å². The zero-order valence-electron chi connectivity index (χ0n) is 10.3. The van der Waals surface area contributed by atoms with Crippen LogP contribution >= 0.6 is 0 Å². The summed E-state index contributed by atoms with van der Waals surface area (Å²) >= 11 is 0. The Bertz CT molecular complexity index is 321. The molecule has 6 heteroatoms. The normalized spacial score (nSPS) is 16.5. The van der Waals surface area contributed by atoms with Crippen molar-refractivity contribution in [2.24, 2.45) is 0 Å².